The fourth-order valence-electron chi connectivity index (χ4n) is 1.69. The maximum atomic E-state index is 13.1. The molecule has 0 aliphatic heterocycles. The van der Waals surface area contributed by atoms with Crippen LogP contribution in [-0.2, 0) is 4.74 Å². The van der Waals surface area contributed by atoms with Gasteiger partial charge in [-0.2, -0.15) is 0 Å². The lowest BCUT2D eigenvalue weighted by atomic mass is 9.96. The summed E-state index contributed by atoms with van der Waals surface area (Å²) < 4.78 is 18.8. The molecule has 1 aromatic carbocycles. The maximum Gasteiger partial charge on any atom is 0.123 e. The van der Waals surface area contributed by atoms with Crippen molar-refractivity contribution in [2.24, 2.45) is 5.73 Å². The van der Waals surface area contributed by atoms with Crippen LogP contribution in [0.2, 0.25) is 0 Å². The number of hydrogen-bond acceptors (Lipinski definition) is 2. The molecule has 1 atom stereocenters. The summed E-state index contributed by atoms with van der Waals surface area (Å²) in [6, 6.07) is 6.63. The van der Waals surface area contributed by atoms with Gasteiger partial charge in [-0.1, -0.05) is 12.1 Å². The predicted octanol–water partition coefficient (Wildman–Crippen LogP) is 3.07. The standard InChI is InChI=1S/C14H22FNO/c1-14(2,3)17-8-7-12(10-16)11-5-4-6-13(15)9-11/h4-6,9,12H,7-8,10,16H2,1-3H3. The fraction of sp³-hybridized carbons (Fsp3) is 0.571. The number of rotatable bonds is 5. The lowest BCUT2D eigenvalue weighted by Gasteiger charge is -2.22. The second kappa shape index (κ2) is 6.12. The Bertz CT molecular complexity index is 346. The Balaban J connectivity index is 2.54. The van der Waals surface area contributed by atoms with Crippen molar-refractivity contribution in [1.82, 2.24) is 0 Å². The lowest BCUT2D eigenvalue weighted by molar-refractivity contribution is -0.00602. The third-order valence-corrected chi connectivity index (χ3v) is 2.61. The minimum Gasteiger partial charge on any atom is -0.376 e. The van der Waals surface area contributed by atoms with E-state index in [1.54, 1.807) is 12.1 Å². The van der Waals surface area contributed by atoms with Crippen LogP contribution >= 0.6 is 0 Å². The Hall–Kier alpha value is -0.930. The van der Waals surface area contributed by atoms with Crippen molar-refractivity contribution in [1.29, 1.82) is 0 Å². The van der Waals surface area contributed by atoms with Crippen LogP contribution in [0.15, 0.2) is 24.3 Å². The first-order valence-corrected chi connectivity index (χ1v) is 6.02. The van der Waals surface area contributed by atoms with Gasteiger partial charge >= 0.3 is 0 Å². The zero-order chi connectivity index (χ0) is 12.9. The molecule has 3 heteroatoms. The van der Waals surface area contributed by atoms with Gasteiger partial charge in [0.2, 0.25) is 0 Å². The molecule has 0 aliphatic carbocycles. The molecule has 0 radical (unpaired) electrons. The quantitative estimate of drug-likeness (QED) is 0.857. The molecule has 96 valence electrons. The first-order chi connectivity index (χ1) is 7.92. The molecule has 0 aromatic heterocycles. The zero-order valence-corrected chi connectivity index (χ0v) is 10.9. The van der Waals surface area contributed by atoms with E-state index in [2.05, 4.69) is 0 Å². The maximum absolute atomic E-state index is 13.1. The van der Waals surface area contributed by atoms with Crippen LogP contribution in [0.5, 0.6) is 0 Å². The zero-order valence-electron chi connectivity index (χ0n) is 10.9. The summed E-state index contributed by atoms with van der Waals surface area (Å²) in [6.45, 7) is 7.21. The highest BCUT2D eigenvalue weighted by Gasteiger charge is 2.14. The van der Waals surface area contributed by atoms with Gasteiger partial charge in [-0.3, -0.25) is 0 Å². The molecular formula is C14H22FNO. The highest BCUT2D eigenvalue weighted by Crippen LogP contribution is 2.20. The van der Waals surface area contributed by atoms with Crippen molar-refractivity contribution >= 4 is 0 Å². The summed E-state index contributed by atoms with van der Waals surface area (Å²) in [4.78, 5) is 0. The van der Waals surface area contributed by atoms with E-state index in [0.717, 1.165) is 12.0 Å². The highest BCUT2D eigenvalue weighted by atomic mass is 19.1. The third kappa shape index (κ3) is 5.29. The number of hydrogen-bond donors (Lipinski definition) is 1. The number of nitrogens with two attached hydrogens (primary N) is 1. The van der Waals surface area contributed by atoms with Crippen molar-refractivity contribution in [2.75, 3.05) is 13.2 Å². The SMILES string of the molecule is CC(C)(C)OCCC(CN)c1cccc(F)c1. The molecule has 2 N–H and O–H groups in total. The average molecular weight is 239 g/mol. The molecule has 1 aromatic rings. The van der Waals surface area contributed by atoms with Crippen LogP contribution < -0.4 is 5.73 Å². The molecule has 0 saturated heterocycles. The number of ether oxygens (including phenoxy) is 1. The van der Waals surface area contributed by atoms with Gasteiger partial charge < -0.3 is 10.5 Å². The number of halogens is 1. The van der Waals surface area contributed by atoms with Crippen LogP contribution in [0.3, 0.4) is 0 Å². The molecule has 0 bridgehead atoms. The van der Waals surface area contributed by atoms with E-state index in [1.807, 2.05) is 26.8 Å². The third-order valence-electron chi connectivity index (χ3n) is 2.61. The molecule has 2 nitrogen and oxygen atoms in total. The Morgan fingerprint density at radius 3 is 2.59 bits per heavy atom. The summed E-state index contributed by atoms with van der Waals surface area (Å²) in [5.41, 5.74) is 6.54. The van der Waals surface area contributed by atoms with Crippen molar-refractivity contribution in [3.63, 3.8) is 0 Å². The van der Waals surface area contributed by atoms with Crippen LogP contribution in [-0.4, -0.2) is 18.8 Å². The van der Waals surface area contributed by atoms with E-state index in [0.29, 0.717) is 13.2 Å². The van der Waals surface area contributed by atoms with Crippen LogP contribution in [0.1, 0.15) is 38.7 Å². The van der Waals surface area contributed by atoms with Gasteiger partial charge in [0.15, 0.2) is 0 Å². The van der Waals surface area contributed by atoms with E-state index < -0.39 is 0 Å². The topological polar surface area (TPSA) is 35.2 Å². The van der Waals surface area contributed by atoms with Crippen molar-refractivity contribution in [3.05, 3.63) is 35.6 Å². The van der Waals surface area contributed by atoms with Gasteiger partial charge in [0.05, 0.1) is 5.60 Å². The minimum atomic E-state index is -0.210. The molecule has 0 amide bonds. The van der Waals surface area contributed by atoms with Crippen LogP contribution in [0.25, 0.3) is 0 Å². The molecule has 1 rings (SSSR count). The van der Waals surface area contributed by atoms with Crippen molar-refractivity contribution in [2.45, 2.75) is 38.7 Å². The molecule has 0 fully saturated rings. The minimum absolute atomic E-state index is 0.138. The Morgan fingerprint density at radius 2 is 2.06 bits per heavy atom. The average Bonchev–Trinajstić information content (AvgIpc) is 2.23. The van der Waals surface area contributed by atoms with Gasteiger partial charge in [-0.25, -0.2) is 4.39 Å². The summed E-state index contributed by atoms with van der Waals surface area (Å²) >= 11 is 0. The number of benzene rings is 1. The molecule has 0 spiro atoms. The molecule has 0 aliphatic rings. The summed E-state index contributed by atoms with van der Waals surface area (Å²) in [5, 5.41) is 0. The monoisotopic (exact) mass is 239 g/mol. The van der Waals surface area contributed by atoms with E-state index in [4.69, 9.17) is 10.5 Å². The van der Waals surface area contributed by atoms with Gasteiger partial charge in [0.1, 0.15) is 5.82 Å². The summed E-state index contributed by atoms with van der Waals surface area (Å²) in [6.07, 6.45) is 0.817. The first kappa shape index (κ1) is 14.1. The Labute approximate surface area is 103 Å². The highest BCUT2D eigenvalue weighted by molar-refractivity contribution is 5.20. The van der Waals surface area contributed by atoms with Gasteiger partial charge in [-0.15, -0.1) is 0 Å². The first-order valence-electron chi connectivity index (χ1n) is 6.02. The van der Waals surface area contributed by atoms with Crippen molar-refractivity contribution < 1.29 is 9.13 Å². The predicted molar refractivity (Wildman–Crippen MR) is 68.5 cm³/mol. The lowest BCUT2D eigenvalue weighted by Crippen LogP contribution is -2.22. The van der Waals surface area contributed by atoms with Gasteiger partial charge in [0, 0.05) is 6.61 Å². The Morgan fingerprint density at radius 1 is 1.35 bits per heavy atom. The van der Waals surface area contributed by atoms with Gasteiger partial charge in [-0.05, 0) is 57.4 Å². The van der Waals surface area contributed by atoms with Crippen LogP contribution in [0.4, 0.5) is 4.39 Å². The summed E-state index contributed by atoms with van der Waals surface area (Å²) in [7, 11) is 0. The summed E-state index contributed by atoms with van der Waals surface area (Å²) in [5.74, 6) is -0.0502. The largest absolute Gasteiger partial charge is 0.376 e. The Kier molecular flexibility index (Phi) is 5.09. The van der Waals surface area contributed by atoms with Crippen LogP contribution in [0, 0.1) is 5.82 Å². The normalized spacial score (nSPS) is 13.7. The van der Waals surface area contributed by atoms with E-state index >= 15 is 0 Å². The van der Waals surface area contributed by atoms with Crippen molar-refractivity contribution in [3.8, 4) is 0 Å². The van der Waals surface area contributed by atoms with E-state index in [9.17, 15) is 4.39 Å². The smallest absolute Gasteiger partial charge is 0.123 e. The van der Waals surface area contributed by atoms with E-state index in [-0.39, 0.29) is 17.3 Å². The second-order valence-corrected chi connectivity index (χ2v) is 5.24. The fourth-order valence-corrected chi connectivity index (χ4v) is 1.69. The van der Waals surface area contributed by atoms with E-state index in [1.165, 1.54) is 6.07 Å². The molecule has 1 unspecified atom stereocenters. The second-order valence-electron chi connectivity index (χ2n) is 5.24. The molecule has 17 heavy (non-hydrogen) atoms. The molecular weight excluding hydrogens is 217 g/mol. The molecule has 0 saturated carbocycles. The molecule has 0 heterocycles. The van der Waals surface area contributed by atoms with Gasteiger partial charge in [0.25, 0.3) is 0 Å².